The number of carbonyl (C=O) groups is 2. The van der Waals surface area contributed by atoms with Crippen molar-refractivity contribution < 1.29 is 14.7 Å². The van der Waals surface area contributed by atoms with E-state index >= 15 is 0 Å². The summed E-state index contributed by atoms with van der Waals surface area (Å²) in [5.74, 6) is -1.000. The second-order valence-electron chi connectivity index (χ2n) is 3.66. The van der Waals surface area contributed by atoms with E-state index in [1.165, 1.54) is 6.08 Å². The van der Waals surface area contributed by atoms with Crippen LogP contribution in [-0.2, 0) is 9.59 Å². The molecule has 0 aromatic carbocycles. The molecule has 2 rings (SSSR count). The van der Waals surface area contributed by atoms with E-state index in [4.69, 9.17) is 0 Å². The van der Waals surface area contributed by atoms with Crippen molar-refractivity contribution in [2.75, 3.05) is 13.6 Å². The van der Waals surface area contributed by atoms with Gasteiger partial charge in [0.2, 0.25) is 11.6 Å². The number of likely N-dealkylation sites (N-methyl/N-ethyl adjacent to an activating group) is 1. The zero-order valence-corrected chi connectivity index (χ0v) is 8.07. The number of rotatable bonds is 0. The lowest BCUT2D eigenvalue weighted by Crippen LogP contribution is -2.22. The van der Waals surface area contributed by atoms with E-state index in [0.717, 1.165) is 0 Å². The van der Waals surface area contributed by atoms with Gasteiger partial charge in [0.25, 0.3) is 0 Å². The SMILES string of the molecule is CC1=C2C(=CC(=O)C1=O)N(C)CC2O. The Kier molecular flexibility index (Phi) is 1.82. The number of hydrogen-bond acceptors (Lipinski definition) is 4. The number of Topliss-reactive ketones (excluding diaryl/α,β-unsaturated/α-hetero) is 1. The lowest BCUT2D eigenvalue weighted by molar-refractivity contribution is -0.131. The van der Waals surface area contributed by atoms with Crippen LogP contribution in [0.4, 0.5) is 0 Å². The molecule has 1 heterocycles. The molecule has 0 aromatic rings. The van der Waals surface area contributed by atoms with Gasteiger partial charge in [-0.3, -0.25) is 9.59 Å². The maximum atomic E-state index is 11.3. The third-order valence-electron chi connectivity index (χ3n) is 2.70. The predicted molar refractivity (Wildman–Crippen MR) is 49.4 cm³/mol. The van der Waals surface area contributed by atoms with Crippen LogP contribution < -0.4 is 0 Å². The molecule has 1 atom stereocenters. The number of hydrogen-bond donors (Lipinski definition) is 1. The summed E-state index contributed by atoms with van der Waals surface area (Å²) in [6.45, 7) is 2.03. The van der Waals surface area contributed by atoms with Crippen LogP contribution in [0.5, 0.6) is 0 Å². The third kappa shape index (κ3) is 1.04. The molecular formula is C10H11NO3. The molecule has 1 N–H and O–H groups in total. The lowest BCUT2D eigenvalue weighted by Gasteiger charge is -2.16. The fraction of sp³-hybridized carbons (Fsp3) is 0.400. The second kappa shape index (κ2) is 2.78. The number of aliphatic hydroxyl groups excluding tert-OH is 1. The first-order valence-corrected chi connectivity index (χ1v) is 4.43. The summed E-state index contributed by atoms with van der Waals surface area (Å²) in [5, 5.41) is 9.67. The van der Waals surface area contributed by atoms with Crippen LogP contribution >= 0.6 is 0 Å². The highest BCUT2D eigenvalue weighted by Gasteiger charge is 2.36. The highest BCUT2D eigenvalue weighted by molar-refractivity contribution is 6.48. The minimum atomic E-state index is -0.650. The molecule has 1 fully saturated rings. The van der Waals surface area contributed by atoms with Crippen molar-refractivity contribution in [2.24, 2.45) is 0 Å². The molecule has 0 bridgehead atoms. The van der Waals surface area contributed by atoms with E-state index in [-0.39, 0.29) is 0 Å². The number of nitrogens with zero attached hydrogens (tertiary/aromatic N) is 1. The molecule has 1 aliphatic heterocycles. The Morgan fingerprint density at radius 3 is 2.79 bits per heavy atom. The Bertz CT molecular complexity index is 392. The number of likely N-dealkylation sites (tertiary alicyclic amines) is 1. The summed E-state index contributed by atoms with van der Waals surface area (Å²) in [6.07, 6.45) is 0.657. The zero-order chi connectivity index (χ0) is 10.5. The Morgan fingerprint density at radius 1 is 1.50 bits per heavy atom. The fourth-order valence-electron chi connectivity index (χ4n) is 1.95. The van der Waals surface area contributed by atoms with Gasteiger partial charge in [-0.25, -0.2) is 0 Å². The van der Waals surface area contributed by atoms with Gasteiger partial charge < -0.3 is 10.0 Å². The fourth-order valence-corrected chi connectivity index (χ4v) is 1.95. The molecule has 0 saturated carbocycles. The van der Waals surface area contributed by atoms with Crippen molar-refractivity contribution in [2.45, 2.75) is 13.0 Å². The molecule has 0 spiro atoms. The summed E-state index contributed by atoms with van der Waals surface area (Å²) in [6, 6.07) is 0. The monoisotopic (exact) mass is 193 g/mol. The number of ketones is 2. The van der Waals surface area contributed by atoms with Gasteiger partial charge in [-0.1, -0.05) is 0 Å². The van der Waals surface area contributed by atoms with Crippen LogP contribution in [-0.4, -0.2) is 41.3 Å². The van der Waals surface area contributed by atoms with E-state index in [0.29, 0.717) is 23.4 Å². The maximum Gasteiger partial charge on any atom is 0.229 e. The first-order valence-electron chi connectivity index (χ1n) is 4.43. The van der Waals surface area contributed by atoms with Gasteiger partial charge in [0.1, 0.15) is 0 Å². The van der Waals surface area contributed by atoms with Crippen LogP contribution in [0.25, 0.3) is 0 Å². The van der Waals surface area contributed by atoms with Crippen molar-refractivity contribution in [1.29, 1.82) is 0 Å². The van der Waals surface area contributed by atoms with Gasteiger partial charge in [-0.2, -0.15) is 0 Å². The maximum absolute atomic E-state index is 11.3. The van der Waals surface area contributed by atoms with E-state index in [1.807, 2.05) is 0 Å². The van der Waals surface area contributed by atoms with Crippen molar-refractivity contribution >= 4 is 11.6 Å². The van der Waals surface area contributed by atoms with E-state index < -0.39 is 17.7 Å². The minimum Gasteiger partial charge on any atom is -0.386 e. The Balaban J connectivity index is 2.58. The van der Waals surface area contributed by atoms with Gasteiger partial charge in [0.15, 0.2) is 0 Å². The molecule has 4 nitrogen and oxygen atoms in total. The van der Waals surface area contributed by atoms with Crippen LogP contribution in [0.1, 0.15) is 6.92 Å². The molecule has 74 valence electrons. The average molecular weight is 193 g/mol. The predicted octanol–water partition coefficient (Wildman–Crippen LogP) is -0.355. The highest BCUT2D eigenvalue weighted by atomic mass is 16.3. The number of aliphatic hydroxyl groups is 1. The molecule has 4 heteroatoms. The van der Waals surface area contributed by atoms with Crippen LogP contribution in [0.2, 0.25) is 0 Å². The van der Waals surface area contributed by atoms with Gasteiger partial charge >= 0.3 is 0 Å². The number of fused-ring (bicyclic) bond motifs is 1. The Labute approximate surface area is 81.5 Å². The number of allylic oxidation sites excluding steroid dienone is 2. The van der Waals surface area contributed by atoms with Crippen molar-refractivity contribution in [1.82, 2.24) is 4.90 Å². The molecule has 1 unspecified atom stereocenters. The van der Waals surface area contributed by atoms with Crippen LogP contribution in [0.15, 0.2) is 22.9 Å². The summed E-state index contributed by atoms with van der Waals surface area (Å²) in [7, 11) is 1.79. The van der Waals surface area contributed by atoms with Gasteiger partial charge in [0, 0.05) is 36.5 Å². The summed E-state index contributed by atoms with van der Waals surface area (Å²) < 4.78 is 0. The van der Waals surface area contributed by atoms with Crippen LogP contribution in [0, 0.1) is 0 Å². The zero-order valence-electron chi connectivity index (χ0n) is 8.07. The number of carbonyl (C=O) groups excluding carboxylic acids is 2. The van der Waals surface area contributed by atoms with Crippen LogP contribution in [0.3, 0.4) is 0 Å². The molecule has 0 radical (unpaired) electrons. The average Bonchev–Trinajstić information content (AvgIpc) is 2.38. The van der Waals surface area contributed by atoms with Crippen molar-refractivity contribution in [3.05, 3.63) is 22.9 Å². The van der Waals surface area contributed by atoms with Gasteiger partial charge in [0.05, 0.1) is 6.10 Å². The summed E-state index contributed by atoms with van der Waals surface area (Å²) >= 11 is 0. The second-order valence-corrected chi connectivity index (χ2v) is 3.66. The third-order valence-corrected chi connectivity index (χ3v) is 2.70. The Hall–Kier alpha value is -1.42. The topological polar surface area (TPSA) is 57.6 Å². The summed E-state index contributed by atoms with van der Waals surface area (Å²) in [4.78, 5) is 24.4. The largest absolute Gasteiger partial charge is 0.386 e. The quantitative estimate of drug-likeness (QED) is 0.422. The van der Waals surface area contributed by atoms with E-state index in [1.54, 1.807) is 18.9 Å². The molecule has 2 aliphatic rings. The molecular weight excluding hydrogens is 182 g/mol. The molecule has 0 aromatic heterocycles. The molecule has 1 saturated heterocycles. The molecule has 0 amide bonds. The summed E-state index contributed by atoms with van der Waals surface area (Å²) in [5.41, 5.74) is 1.67. The van der Waals surface area contributed by atoms with Gasteiger partial charge in [-0.15, -0.1) is 0 Å². The highest BCUT2D eigenvalue weighted by Crippen LogP contribution is 2.32. The molecule has 14 heavy (non-hydrogen) atoms. The number of β-amino-alcohol motifs (C(OH)–C–C–N with tert-alkyl or cyclic N) is 1. The Morgan fingerprint density at radius 2 is 2.14 bits per heavy atom. The lowest BCUT2D eigenvalue weighted by atomic mass is 9.93. The first kappa shape index (κ1) is 9.15. The smallest absolute Gasteiger partial charge is 0.229 e. The standard InChI is InChI=1S/C10H11NO3/c1-5-9-6(3-7(12)10(5)14)11(2)4-8(9)13/h3,8,13H,4H2,1-2H3. The first-order chi connectivity index (χ1) is 6.52. The van der Waals surface area contributed by atoms with E-state index in [2.05, 4.69) is 0 Å². The van der Waals surface area contributed by atoms with Crippen molar-refractivity contribution in [3.8, 4) is 0 Å². The van der Waals surface area contributed by atoms with E-state index in [9.17, 15) is 14.7 Å². The van der Waals surface area contributed by atoms with Crippen molar-refractivity contribution in [3.63, 3.8) is 0 Å². The minimum absolute atomic E-state index is 0.379. The molecule has 1 aliphatic carbocycles. The normalized spacial score (nSPS) is 26.9. The van der Waals surface area contributed by atoms with Gasteiger partial charge in [-0.05, 0) is 6.92 Å².